The summed E-state index contributed by atoms with van der Waals surface area (Å²) < 4.78 is 27.3. The highest BCUT2D eigenvalue weighted by Gasteiger charge is 2.19. The first-order chi connectivity index (χ1) is 7.48. The molecule has 0 bridgehead atoms. The Labute approximate surface area is 94.7 Å². The van der Waals surface area contributed by atoms with E-state index in [4.69, 9.17) is 9.44 Å². The largest absolute Gasteiger partial charge is 0.347 e. The van der Waals surface area contributed by atoms with Crippen LogP contribution in [0.5, 0.6) is 0 Å². The second-order valence-corrected chi connectivity index (χ2v) is 5.10. The minimum atomic E-state index is -3.49. The molecule has 1 atom stereocenters. The second-order valence-electron chi connectivity index (χ2n) is 3.21. The molecule has 0 saturated carbocycles. The molecule has 1 aliphatic rings. The van der Waals surface area contributed by atoms with Crippen LogP contribution >= 0.6 is 0 Å². The number of hydrogen-bond acceptors (Lipinski definition) is 6. The molecule has 0 aromatic heterocycles. The molecule has 7 heteroatoms. The summed E-state index contributed by atoms with van der Waals surface area (Å²) in [6.45, 7) is 3.34. The molecule has 0 fully saturated rings. The maximum Gasteiger partial charge on any atom is 0.267 e. The highest BCUT2D eigenvalue weighted by molar-refractivity contribution is 7.86. The topological polar surface area (TPSA) is 91.6 Å². The maximum absolute atomic E-state index is 11.2. The summed E-state index contributed by atoms with van der Waals surface area (Å²) in [5.74, 6) is 0.334. The Morgan fingerprint density at radius 2 is 2.44 bits per heavy atom. The van der Waals surface area contributed by atoms with E-state index in [1.807, 2.05) is 6.07 Å². The van der Waals surface area contributed by atoms with Crippen molar-refractivity contribution in [2.75, 3.05) is 12.3 Å². The van der Waals surface area contributed by atoms with Crippen LogP contribution in [0.25, 0.3) is 0 Å². The third-order valence-electron chi connectivity index (χ3n) is 1.99. The van der Waals surface area contributed by atoms with Gasteiger partial charge in [0.25, 0.3) is 10.1 Å². The van der Waals surface area contributed by atoms with E-state index in [-0.39, 0.29) is 12.3 Å². The second kappa shape index (κ2) is 5.09. The molecule has 0 aliphatic carbocycles. The van der Waals surface area contributed by atoms with Crippen LogP contribution in [-0.2, 0) is 14.3 Å². The van der Waals surface area contributed by atoms with Crippen molar-refractivity contribution in [1.29, 1.82) is 5.26 Å². The van der Waals surface area contributed by atoms with E-state index in [9.17, 15) is 8.42 Å². The molecule has 0 aromatic rings. The Kier molecular flexibility index (Phi) is 4.04. The van der Waals surface area contributed by atoms with Gasteiger partial charge in [-0.05, 0) is 13.8 Å². The summed E-state index contributed by atoms with van der Waals surface area (Å²) >= 11 is 0. The first-order valence-corrected chi connectivity index (χ1v) is 6.37. The summed E-state index contributed by atoms with van der Waals surface area (Å²) in [7, 11) is -3.49. The zero-order chi connectivity index (χ0) is 12.2. The molecular formula is C9H13N3O3S. The summed E-state index contributed by atoms with van der Waals surface area (Å²) in [4.78, 5) is 4.03. The normalized spacial score (nSPS) is 17.8. The predicted octanol–water partition coefficient (Wildman–Crippen LogP) is 0.150. The predicted molar refractivity (Wildman–Crippen MR) is 59.1 cm³/mol. The van der Waals surface area contributed by atoms with Crippen LogP contribution in [0.4, 0.5) is 0 Å². The SMILES string of the molecule is CCS(=O)(=O)OC(C)C1=NCC(C#N)=CN1. The number of nitrogens with zero attached hydrogens (tertiary/aromatic N) is 2. The zero-order valence-corrected chi connectivity index (χ0v) is 9.91. The van der Waals surface area contributed by atoms with E-state index >= 15 is 0 Å². The van der Waals surface area contributed by atoms with Gasteiger partial charge in [-0.25, -0.2) is 0 Å². The third-order valence-corrected chi connectivity index (χ3v) is 3.28. The van der Waals surface area contributed by atoms with Gasteiger partial charge in [-0.3, -0.25) is 9.18 Å². The first-order valence-electron chi connectivity index (χ1n) is 4.79. The molecule has 1 rings (SSSR count). The number of rotatable bonds is 4. The summed E-state index contributed by atoms with van der Waals surface area (Å²) in [6.07, 6.45) is 0.835. The molecule has 1 unspecified atom stereocenters. The lowest BCUT2D eigenvalue weighted by molar-refractivity contribution is 0.287. The van der Waals surface area contributed by atoms with E-state index in [2.05, 4.69) is 10.3 Å². The van der Waals surface area contributed by atoms with Gasteiger partial charge in [-0.2, -0.15) is 13.7 Å². The summed E-state index contributed by atoms with van der Waals surface area (Å²) in [5, 5.41) is 11.3. The molecule has 0 radical (unpaired) electrons. The van der Waals surface area contributed by atoms with Crippen molar-refractivity contribution in [2.45, 2.75) is 20.0 Å². The van der Waals surface area contributed by atoms with Gasteiger partial charge >= 0.3 is 0 Å². The molecule has 0 aromatic carbocycles. The Hall–Kier alpha value is -1.39. The number of nitrogens with one attached hydrogen (secondary N) is 1. The van der Waals surface area contributed by atoms with Gasteiger partial charge in [-0.1, -0.05) is 0 Å². The van der Waals surface area contributed by atoms with Crippen molar-refractivity contribution in [2.24, 2.45) is 4.99 Å². The standard InChI is InChI=1S/C9H13N3O3S/c1-3-16(13,14)15-7(2)9-11-5-8(4-10)6-12-9/h5,7H,3,6H2,1-2H3,(H,11,12). The van der Waals surface area contributed by atoms with Crippen LogP contribution in [0.3, 0.4) is 0 Å². The van der Waals surface area contributed by atoms with Crippen LogP contribution in [0.1, 0.15) is 13.8 Å². The molecular weight excluding hydrogens is 230 g/mol. The highest BCUT2D eigenvalue weighted by Crippen LogP contribution is 2.05. The van der Waals surface area contributed by atoms with E-state index in [1.165, 1.54) is 13.1 Å². The summed E-state index contributed by atoms with van der Waals surface area (Å²) in [6, 6.07) is 1.96. The lowest BCUT2D eigenvalue weighted by Crippen LogP contribution is -2.36. The van der Waals surface area contributed by atoms with Crippen LogP contribution in [0.15, 0.2) is 16.8 Å². The van der Waals surface area contributed by atoms with Crippen molar-refractivity contribution in [1.82, 2.24) is 5.32 Å². The molecule has 1 heterocycles. The molecule has 0 saturated heterocycles. The first kappa shape index (κ1) is 12.7. The van der Waals surface area contributed by atoms with Crippen molar-refractivity contribution in [3.8, 4) is 6.07 Å². The van der Waals surface area contributed by atoms with Crippen LogP contribution in [-0.4, -0.2) is 32.7 Å². The van der Waals surface area contributed by atoms with E-state index in [0.717, 1.165) is 0 Å². The Balaban J connectivity index is 2.62. The summed E-state index contributed by atoms with van der Waals surface area (Å²) in [5.41, 5.74) is 0.495. The fourth-order valence-corrected chi connectivity index (χ4v) is 1.74. The lowest BCUT2D eigenvalue weighted by atomic mass is 10.2. The molecule has 6 nitrogen and oxygen atoms in total. The number of aliphatic imine (C=N–C) groups is 1. The fourth-order valence-electron chi connectivity index (χ4n) is 1.07. The zero-order valence-electron chi connectivity index (χ0n) is 9.10. The molecule has 0 amide bonds. The average Bonchev–Trinajstić information content (AvgIpc) is 2.28. The number of nitriles is 1. The van der Waals surface area contributed by atoms with Gasteiger partial charge < -0.3 is 5.32 Å². The maximum atomic E-state index is 11.2. The van der Waals surface area contributed by atoms with E-state index in [1.54, 1.807) is 6.92 Å². The molecule has 16 heavy (non-hydrogen) atoms. The minimum absolute atomic E-state index is 0.0795. The smallest absolute Gasteiger partial charge is 0.267 e. The van der Waals surface area contributed by atoms with E-state index < -0.39 is 16.2 Å². The van der Waals surface area contributed by atoms with Crippen molar-refractivity contribution in [3.63, 3.8) is 0 Å². The Morgan fingerprint density at radius 3 is 2.88 bits per heavy atom. The van der Waals surface area contributed by atoms with Crippen molar-refractivity contribution in [3.05, 3.63) is 11.8 Å². The number of hydrogen-bond donors (Lipinski definition) is 1. The molecule has 1 aliphatic heterocycles. The Bertz CT molecular complexity index is 459. The monoisotopic (exact) mass is 243 g/mol. The van der Waals surface area contributed by atoms with Gasteiger partial charge in [0.1, 0.15) is 11.9 Å². The minimum Gasteiger partial charge on any atom is -0.347 e. The molecule has 1 N–H and O–H groups in total. The third kappa shape index (κ3) is 3.32. The quantitative estimate of drug-likeness (QED) is 0.710. The van der Waals surface area contributed by atoms with Crippen molar-refractivity contribution < 1.29 is 12.6 Å². The van der Waals surface area contributed by atoms with Gasteiger partial charge in [0.2, 0.25) is 0 Å². The van der Waals surface area contributed by atoms with Gasteiger partial charge in [0, 0.05) is 6.20 Å². The average molecular weight is 243 g/mol. The van der Waals surface area contributed by atoms with Crippen LogP contribution < -0.4 is 5.32 Å². The Morgan fingerprint density at radius 1 is 1.75 bits per heavy atom. The highest BCUT2D eigenvalue weighted by atomic mass is 32.2. The van der Waals surface area contributed by atoms with E-state index in [0.29, 0.717) is 11.4 Å². The van der Waals surface area contributed by atoms with Gasteiger partial charge in [0.15, 0.2) is 0 Å². The lowest BCUT2D eigenvalue weighted by Gasteiger charge is -2.17. The van der Waals surface area contributed by atoms with Crippen LogP contribution in [0, 0.1) is 11.3 Å². The van der Waals surface area contributed by atoms with Gasteiger partial charge in [0.05, 0.1) is 23.9 Å². The van der Waals surface area contributed by atoms with Crippen LogP contribution in [0.2, 0.25) is 0 Å². The number of amidine groups is 1. The van der Waals surface area contributed by atoms with Gasteiger partial charge in [-0.15, -0.1) is 0 Å². The van der Waals surface area contributed by atoms with Crippen molar-refractivity contribution >= 4 is 16.0 Å². The molecule has 88 valence electrons. The molecule has 0 spiro atoms. The fraction of sp³-hybridized carbons (Fsp3) is 0.556.